The molecule has 2 N–H and O–H groups in total. The zero-order valence-electron chi connectivity index (χ0n) is 14.4. The van der Waals surface area contributed by atoms with Gasteiger partial charge in [-0.25, -0.2) is 4.39 Å². The molecule has 1 aliphatic rings. The van der Waals surface area contributed by atoms with E-state index in [2.05, 4.69) is 0 Å². The molecule has 0 saturated carbocycles. The molecule has 2 aromatic rings. The van der Waals surface area contributed by atoms with Crippen molar-refractivity contribution in [2.24, 2.45) is 11.7 Å². The van der Waals surface area contributed by atoms with Crippen molar-refractivity contribution in [2.75, 3.05) is 13.1 Å². The predicted molar refractivity (Wildman–Crippen MR) is 97.5 cm³/mol. The van der Waals surface area contributed by atoms with Crippen molar-refractivity contribution in [3.8, 4) is 0 Å². The van der Waals surface area contributed by atoms with E-state index in [0.29, 0.717) is 12.3 Å². The summed E-state index contributed by atoms with van der Waals surface area (Å²) in [5, 5.41) is 0. The molecule has 0 spiro atoms. The number of rotatable bonds is 5. The Bertz CT molecular complexity index is 696. The van der Waals surface area contributed by atoms with Gasteiger partial charge in [0.2, 0.25) is 5.91 Å². The minimum atomic E-state index is -0.484. The summed E-state index contributed by atoms with van der Waals surface area (Å²) in [5.41, 5.74) is 8.24. The molecule has 0 bridgehead atoms. The first-order chi connectivity index (χ1) is 12.1. The topological polar surface area (TPSA) is 46.3 Å². The van der Waals surface area contributed by atoms with Crippen LogP contribution in [-0.2, 0) is 17.6 Å². The van der Waals surface area contributed by atoms with Crippen LogP contribution in [0.5, 0.6) is 0 Å². The maximum absolute atomic E-state index is 13.3. The highest BCUT2D eigenvalue weighted by Gasteiger charge is 2.26. The lowest BCUT2D eigenvalue weighted by molar-refractivity contribution is -0.133. The molecule has 3 rings (SSSR count). The molecule has 1 amide bonds. The minimum absolute atomic E-state index is 0.0352. The Morgan fingerprint density at radius 2 is 1.76 bits per heavy atom. The number of benzene rings is 2. The fraction of sp³-hybridized carbons (Fsp3) is 0.381. The first-order valence-electron chi connectivity index (χ1n) is 8.94. The van der Waals surface area contributed by atoms with Gasteiger partial charge in [0.15, 0.2) is 0 Å². The summed E-state index contributed by atoms with van der Waals surface area (Å²) >= 11 is 0. The summed E-state index contributed by atoms with van der Waals surface area (Å²) in [6.45, 7) is 1.47. The standard InChI is InChI=1S/C21H25FN2O/c22-19-8-4-7-18(14-19)13-17-9-11-24(12-10-17)21(25)20(23)15-16-5-2-1-3-6-16/h1-8,14,17,20H,9-13,15,23H2/t20-/m0/s1. The van der Waals surface area contributed by atoms with Crippen LogP contribution in [0.1, 0.15) is 24.0 Å². The maximum atomic E-state index is 13.3. The van der Waals surface area contributed by atoms with Crippen LogP contribution in [0.3, 0.4) is 0 Å². The lowest BCUT2D eigenvalue weighted by Crippen LogP contribution is -2.48. The Morgan fingerprint density at radius 1 is 1.08 bits per heavy atom. The van der Waals surface area contributed by atoms with E-state index in [4.69, 9.17) is 5.73 Å². The van der Waals surface area contributed by atoms with Gasteiger partial charge < -0.3 is 10.6 Å². The number of carbonyl (C=O) groups excluding carboxylic acids is 1. The van der Waals surface area contributed by atoms with Crippen LogP contribution >= 0.6 is 0 Å². The first kappa shape index (κ1) is 17.6. The molecule has 1 aliphatic heterocycles. The third kappa shape index (κ3) is 4.89. The smallest absolute Gasteiger partial charge is 0.239 e. The van der Waals surface area contributed by atoms with Crippen molar-refractivity contribution in [2.45, 2.75) is 31.7 Å². The molecule has 0 aliphatic carbocycles. The van der Waals surface area contributed by atoms with Gasteiger partial charge in [0, 0.05) is 13.1 Å². The van der Waals surface area contributed by atoms with Gasteiger partial charge in [0.25, 0.3) is 0 Å². The zero-order valence-corrected chi connectivity index (χ0v) is 14.4. The quantitative estimate of drug-likeness (QED) is 0.909. The van der Waals surface area contributed by atoms with Gasteiger partial charge in [-0.3, -0.25) is 4.79 Å². The minimum Gasteiger partial charge on any atom is -0.341 e. The van der Waals surface area contributed by atoms with E-state index in [-0.39, 0.29) is 11.7 Å². The Kier molecular flexibility index (Phi) is 5.82. The highest BCUT2D eigenvalue weighted by Crippen LogP contribution is 2.22. The fourth-order valence-electron chi connectivity index (χ4n) is 3.54. The Hall–Kier alpha value is -2.20. The SMILES string of the molecule is N[C@@H](Cc1ccccc1)C(=O)N1CCC(Cc2cccc(F)c2)CC1. The number of piperidine rings is 1. The van der Waals surface area contributed by atoms with Crippen LogP contribution in [0.25, 0.3) is 0 Å². The van der Waals surface area contributed by atoms with Crippen LogP contribution in [-0.4, -0.2) is 29.9 Å². The second-order valence-electron chi connectivity index (χ2n) is 6.90. The number of nitrogens with two attached hydrogens (primary N) is 1. The third-order valence-corrected chi connectivity index (χ3v) is 4.96. The number of hydrogen-bond donors (Lipinski definition) is 1. The van der Waals surface area contributed by atoms with Crippen molar-refractivity contribution in [3.63, 3.8) is 0 Å². The zero-order chi connectivity index (χ0) is 17.6. The van der Waals surface area contributed by atoms with Gasteiger partial charge in [0.05, 0.1) is 6.04 Å². The van der Waals surface area contributed by atoms with Crippen LogP contribution in [0.4, 0.5) is 4.39 Å². The molecule has 1 heterocycles. The maximum Gasteiger partial charge on any atom is 0.239 e. The molecular weight excluding hydrogens is 315 g/mol. The van der Waals surface area contributed by atoms with Crippen molar-refractivity contribution in [1.82, 2.24) is 4.90 Å². The largest absolute Gasteiger partial charge is 0.341 e. The first-order valence-corrected chi connectivity index (χ1v) is 8.94. The lowest BCUT2D eigenvalue weighted by Gasteiger charge is -2.33. The van der Waals surface area contributed by atoms with E-state index < -0.39 is 6.04 Å². The molecule has 3 nitrogen and oxygen atoms in total. The fourth-order valence-corrected chi connectivity index (χ4v) is 3.54. The van der Waals surface area contributed by atoms with Crippen LogP contribution < -0.4 is 5.73 Å². The Balaban J connectivity index is 1.49. The summed E-state index contributed by atoms with van der Waals surface area (Å²) in [4.78, 5) is 14.4. The Morgan fingerprint density at radius 3 is 2.44 bits per heavy atom. The molecule has 25 heavy (non-hydrogen) atoms. The second-order valence-corrected chi connectivity index (χ2v) is 6.90. The number of nitrogens with zero attached hydrogens (tertiary/aromatic N) is 1. The molecule has 1 saturated heterocycles. The number of carbonyl (C=O) groups is 1. The molecule has 4 heteroatoms. The molecule has 1 atom stereocenters. The number of likely N-dealkylation sites (tertiary alicyclic amines) is 1. The molecular formula is C21H25FN2O. The lowest BCUT2D eigenvalue weighted by atomic mass is 9.90. The highest BCUT2D eigenvalue weighted by molar-refractivity contribution is 5.82. The molecule has 0 aromatic heterocycles. The van der Waals surface area contributed by atoms with Crippen molar-refractivity contribution in [3.05, 3.63) is 71.5 Å². The number of halogens is 1. The van der Waals surface area contributed by atoms with Gasteiger partial charge in [-0.2, -0.15) is 0 Å². The van der Waals surface area contributed by atoms with Gasteiger partial charge in [-0.15, -0.1) is 0 Å². The van der Waals surface area contributed by atoms with Gasteiger partial charge in [0.1, 0.15) is 5.82 Å². The average Bonchev–Trinajstić information content (AvgIpc) is 2.62. The van der Waals surface area contributed by atoms with Crippen LogP contribution in [0.2, 0.25) is 0 Å². The van der Waals surface area contributed by atoms with Crippen LogP contribution in [0.15, 0.2) is 54.6 Å². The average molecular weight is 340 g/mol. The number of amides is 1. The third-order valence-electron chi connectivity index (χ3n) is 4.96. The van der Waals surface area contributed by atoms with Crippen molar-refractivity contribution >= 4 is 5.91 Å². The van der Waals surface area contributed by atoms with E-state index >= 15 is 0 Å². The summed E-state index contributed by atoms with van der Waals surface area (Å²) < 4.78 is 13.3. The highest BCUT2D eigenvalue weighted by atomic mass is 19.1. The number of hydrogen-bond acceptors (Lipinski definition) is 2. The monoisotopic (exact) mass is 340 g/mol. The van der Waals surface area contributed by atoms with E-state index in [1.54, 1.807) is 12.1 Å². The molecule has 2 aromatic carbocycles. The second kappa shape index (κ2) is 8.26. The summed E-state index contributed by atoms with van der Waals surface area (Å²) in [7, 11) is 0. The van der Waals surface area contributed by atoms with E-state index in [1.165, 1.54) is 6.07 Å². The molecule has 0 radical (unpaired) electrons. The normalized spacial score (nSPS) is 16.6. The van der Waals surface area contributed by atoms with Gasteiger partial charge in [-0.1, -0.05) is 42.5 Å². The molecule has 1 fully saturated rings. The molecule has 132 valence electrons. The van der Waals surface area contributed by atoms with E-state index in [9.17, 15) is 9.18 Å². The Labute approximate surface area is 148 Å². The summed E-state index contributed by atoms with van der Waals surface area (Å²) in [6, 6.07) is 16.2. The summed E-state index contributed by atoms with van der Waals surface area (Å²) in [5.74, 6) is 0.348. The predicted octanol–water partition coefficient (Wildman–Crippen LogP) is 3.18. The van der Waals surface area contributed by atoms with Crippen LogP contribution in [0, 0.1) is 11.7 Å². The van der Waals surface area contributed by atoms with E-state index in [1.807, 2.05) is 41.3 Å². The van der Waals surface area contributed by atoms with Gasteiger partial charge in [-0.05, 0) is 54.9 Å². The van der Waals surface area contributed by atoms with Gasteiger partial charge >= 0.3 is 0 Å². The van der Waals surface area contributed by atoms with Crippen molar-refractivity contribution < 1.29 is 9.18 Å². The summed E-state index contributed by atoms with van der Waals surface area (Å²) in [6.07, 6.45) is 3.33. The van der Waals surface area contributed by atoms with Crippen molar-refractivity contribution in [1.29, 1.82) is 0 Å². The van der Waals surface area contributed by atoms with E-state index in [0.717, 1.165) is 43.5 Å². The molecule has 0 unspecified atom stereocenters.